The Balaban J connectivity index is 2.16. The number of carbonyl (C=O) groups is 1. The third-order valence-electron chi connectivity index (χ3n) is 5.62. The van der Waals surface area contributed by atoms with Crippen molar-refractivity contribution in [3.05, 3.63) is 45.5 Å². The number of rotatable bonds is 2. The summed E-state index contributed by atoms with van der Waals surface area (Å²) in [6.07, 6.45) is 3.87. The second kappa shape index (κ2) is 4.70. The Hall–Kier alpha value is -2.59. The molecule has 116 valence electrons. The zero-order valence-corrected chi connectivity index (χ0v) is 13.1. The molecular weight excluding hydrogens is 290 g/mol. The average Bonchev–Trinajstić information content (AvgIpc) is 3.13. The van der Waals surface area contributed by atoms with Gasteiger partial charge in [-0.2, -0.15) is 5.10 Å². The summed E-state index contributed by atoms with van der Waals surface area (Å²) >= 11 is 0. The number of aromatic nitrogens is 2. The second-order valence-electron chi connectivity index (χ2n) is 6.40. The van der Waals surface area contributed by atoms with Crippen molar-refractivity contribution < 1.29 is 4.79 Å². The summed E-state index contributed by atoms with van der Waals surface area (Å²) in [4.78, 5) is 15.4. The average molecular weight is 307 g/mol. The number of fused-ring (bicyclic) bond motifs is 5. The normalized spacial score (nSPS) is 26.2. The van der Waals surface area contributed by atoms with Crippen LogP contribution in [0.3, 0.4) is 0 Å². The lowest BCUT2D eigenvalue weighted by Gasteiger charge is -2.38. The molecule has 6 heteroatoms. The number of hydrogen-bond acceptors (Lipinski definition) is 3. The van der Waals surface area contributed by atoms with Crippen LogP contribution in [0.5, 0.6) is 0 Å². The Kier molecular flexibility index (Phi) is 2.87. The lowest BCUT2D eigenvalue weighted by Crippen LogP contribution is -2.29. The van der Waals surface area contributed by atoms with Crippen LogP contribution in [0.2, 0.25) is 0 Å². The number of allylic oxidation sites excluding steroid dienone is 1. The van der Waals surface area contributed by atoms with E-state index >= 15 is 0 Å². The summed E-state index contributed by atoms with van der Waals surface area (Å²) in [5, 5.41) is 12.3. The van der Waals surface area contributed by atoms with Crippen LogP contribution in [0.15, 0.2) is 29.0 Å². The third-order valence-corrected chi connectivity index (χ3v) is 5.62. The summed E-state index contributed by atoms with van der Waals surface area (Å²) in [7, 11) is 0. The molecule has 4 rings (SSSR count). The van der Waals surface area contributed by atoms with E-state index in [4.69, 9.17) is 5.53 Å². The molecular formula is C17H17N5O. The van der Waals surface area contributed by atoms with Gasteiger partial charge in [0.2, 0.25) is 0 Å². The molecule has 6 nitrogen and oxygen atoms in total. The highest BCUT2D eigenvalue weighted by molar-refractivity contribution is 6.08. The van der Waals surface area contributed by atoms with E-state index in [1.165, 1.54) is 0 Å². The van der Waals surface area contributed by atoms with Gasteiger partial charge in [0.05, 0.1) is 17.8 Å². The predicted octanol–water partition coefficient (Wildman–Crippen LogP) is 4.46. The van der Waals surface area contributed by atoms with Crippen LogP contribution in [-0.4, -0.2) is 16.0 Å². The Morgan fingerprint density at radius 2 is 2.35 bits per heavy atom. The van der Waals surface area contributed by atoms with Gasteiger partial charge < -0.3 is 0 Å². The van der Waals surface area contributed by atoms with Crippen molar-refractivity contribution in [3.8, 4) is 0 Å². The van der Waals surface area contributed by atoms with Crippen molar-refractivity contribution in [2.24, 2.45) is 10.5 Å². The molecule has 2 aromatic rings. The first-order valence-electron chi connectivity index (χ1n) is 7.89. The van der Waals surface area contributed by atoms with E-state index < -0.39 is 0 Å². The number of Topliss-reactive ketones (excluding diaryl/α,β-unsaturated/α-hetero) is 1. The zero-order chi connectivity index (χ0) is 16.2. The molecule has 0 amide bonds. The summed E-state index contributed by atoms with van der Waals surface area (Å²) in [6.45, 7) is 4.02. The first kappa shape index (κ1) is 14.0. The summed E-state index contributed by atoms with van der Waals surface area (Å²) in [5.41, 5.74) is 13.7. The Morgan fingerprint density at radius 1 is 1.52 bits per heavy atom. The van der Waals surface area contributed by atoms with Gasteiger partial charge in [-0.25, -0.2) is 0 Å². The van der Waals surface area contributed by atoms with Crippen LogP contribution in [0.1, 0.15) is 50.3 Å². The molecule has 2 aliphatic carbocycles. The highest BCUT2D eigenvalue weighted by Gasteiger charge is 2.52. The van der Waals surface area contributed by atoms with Crippen LogP contribution in [0.4, 0.5) is 0 Å². The minimum atomic E-state index is -0.285. The smallest absolute Gasteiger partial charge is 0.158 e. The van der Waals surface area contributed by atoms with E-state index in [1.54, 1.807) is 6.20 Å². The number of nitrogens with one attached hydrogen (secondary N) is 1. The van der Waals surface area contributed by atoms with Crippen molar-refractivity contribution in [3.63, 3.8) is 0 Å². The molecule has 0 unspecified atom stereocenters. The monoisotopic (exact) mass is 307 g/mol. The molecule has 0 bridgehead atoms. The molecule has 23 heavy (non-hydrogen) atoms. The highest BCUT2D eigenvalue weighted by Crippen LogP contribution is 2.63. The largest absolute Gasteiger partial charge is 0.295 e. The molecule has 1 heterocycles. The van der Waals surface area contributed by atoms with Gasteiger partial charge in [-0.1, -0.05) is 18.1 Å². The van der Waals surface area contributed by atoms with Gasteiger partial charge in [0.1, 0.15) is 0 Å². The maximum absolute atomic E-state index is 12.3. The minimum absolute atomic E-state index is 0.198. The summed E-state index contributed by atoms with van der Waals surface area (Å²) in [5.74, 6) is 0.198. The standard InChI is InChI=1S/C17H17N5O/c1-3-17-7-6-13(23)9(2)15(17)10-4-5-12-11(8-19-20-12)14(10)16(17)21-22-18/h4-5,8,16H,3,6-7H2,1-2H3,(H,19,20)/t16-,17+/m0/s1. The second-order valence-corrected chi connectivity index (χ2v) is 6.40. The molecule has 2 atom stereocenters. The topological polar surface area (TPSA) is 94.5 Å². The molecule has 0 fully saturated rings. The van der Waals surface area contributed by atoms with Gasteiger partial charge >= 0.3 is 0 Å². The van der Waals surface area contributed by atoms with Crippen LogP contribution in [0.25, 0.3) is 26.9 Å². The maximum Gasteiger partial charge on any atom is 0.158 e. The molecule has 0 aliphatic heterocycles. The number of azide groups is 1. The first-order valence-corrected chi connectivity index (χ1v) is 7.89. The third kappa shape index (κ3) is 1.61. The van der Waals surface area contributed by atoms with E-state index in [-0.39, 0.29) is 17.2 Å². The van der Waals surface area contributed by atoms with Crippen molar-refractivity contribution in [2.45, 2.75) is 39.2 Å². The molecule has 0 radical (unpaired) electrons. The Morgan fingerprint density at radius 3 is 3.09 bits per heavy atom. The fraction of sp³-hybridized carbons (Fsp3) is 0.412. The van der Waals surface area contributed by atoms with E-state index in [9.17, 15) is 4.79 Å². The lowest BCUT2D eigenvalue weighted by atomic mass is 9.66. The van der Waals surface area contributed by atoms with Gasteiger partial charge in [0, 0.05) is 22.1 Å². The first-order chi connectivity index (χ1) is 11.1. The number of aromatic amines is 1. The van der Waals surface area contributed by atoms with E-state index in [2.05, 4.69) is 27.1 Å². The SMILES string of the molecule is CC[C@@]12CCC(=O)C(C)=C1c1ccc3[nH]ncc3c1[C@@H]2N=[N+]=[N-]. The number of H-pyrrole nitrogens is 1. The number of nitrogens with zero attached hydrogens (tertiary/aromatic N) is 4. The molecule has 0 spiro atoms. The quantitative estimate of drug-likeness (QED) is 0.503. The minimum Gasteiger partial charge on any atom is -0.295 e. The van der Waals surface area contributed by atoms with E-state index in [0.717, 1.165) is 46.0 Å². The summed E-state index contributed by atoms with van der Waals surface area (Å²) < 4.78 is 0. The zero-order valence-electron chi connectivity index (χ0n) is 13.1. The van der Waals surface area contributed by atoms with Crippen molar-refractivity contribution in [2.75, 3.05) is 0 Å². The molecule has 2 aliphatic rings. The number of benzene rings is 1. The van der Waals surface area contributed by atoms with Crippen LogP contribution < -0.4 is 0 Å². The lowest BCUT2D eigenvalue weighted by molar-refractivity contribution is -0.116. The predicted molar refractivity (Wildman–Crippen MR) is 87.5 cm³/mol. The highest BCUT2D eigenvalue weighted by atomic mass is 16.1. The summed E-state index contributed by atoms with van der Waals surface area (Å²) in [6, 6.07) is 3.73. The molecule has 1 aromatic heterocycles. The van der Waals surface area contributed by atoms with Gasteiger partial charge in [-0.05, 0) is 53.6 Å². The Labute approximate surface area is 133 Å². The van der Waals surface area contributed by atoms with Crippen molar-refractivity contribution >= 4 is 22.3 Å². The van der Waals surface area contributed by atoms with Crippen LogP contribution >= 0.6 is 0 Å². The van der Waals surface area contributed by atoms with Gasteiger partial charge in [-0.3, -0.25) is 9.89 Å². The number of ketones is 1. The molecule has 0 saturated heterocycles. The van der Waals surface area contributed by atoms with E-state index in [0.29, 0.717) is 6.42 Å². The van der Waals surface area contributed by atoms with Crippen LogP contribution in [0, 0.1) is 5.41 Å². The Bertz CT molecular complexity index is 918. The van der Waals surface area contributed by atoms with Crippen molar-refractivity contribution in [1.82, 2.24) is 10.2 Å². The van der Waals surface area contributed by atoms with Crippen LogP contribution in [-0.2, 0) is 4.79 Å². The maximum atomic E-state index is 12.3. The van der Waals surface area contributed by atoms with Crippen molar-refractivity contribution in [1.29, 1.82) is 0 Å². The van der Waals surface area contributed by atoms with Gasteiger partial charge in [-0.15, -0.1) is 0 Å². The molecule has 0 saturated carbocycles. The fourth-order valence-electron chi connectivity index (χ4n) is 4.50. The van der Waals surface area contributed by atoms with Gasteiger partial charge in [0.25, 0.3) is 0 Å². The molecule has 1 N–H and O–H groups in total. The van der Waals surface area contributed by atoms with Gasteiger partial charge in [0.15, 0.2) is 5.78 Å². The number of hydrogen-bond donors (Lipinski definition) is 1. The van der Waals surface area contributed by atoms with E-state index in [1.807, 2.05) is 19.1 Å². The number of carbonyl (C=O) groups excluding carboxylic acids is 1. The molecule has 1 aromatic carbocycles. The fourth-order valence-corrected chi connectivity index (χ4v) is 4.50.